The molecule has 0 aliphatic carbocycles. The average Bonchev–Trinajstić information content (AvgIpc) is 3.27. The molecule has 0 amide bonds. The number of rotatable bonds is 3. The summed E-state index contributed by atoms with van der Waals surface area (Å²) in [4.78, 5) is 4.34. The number of aromatic amines is 1. The molecule has 0 radical (unpaired) electrons. The lowest BCUT2D eigenvalue weighted by atomic mass is 9.95. The van der Waals surface area contributed by atoms with Gasteiger partial charge < -0.3 is 14.3 Å². The summed E-state index contributed by atoms with van der Waals surface area (Å²) >= 11 is 3.25. The maximum Gasteiger partial charge on any atom is 0.278 e. The van der Waals surface area contributed by atoms with Crippen LogP contribution < -0.4 is 5.32 Å². The van der Waals surface area contributed by atoms with Gasteiger partial charge in [-0.2, -0.15) is 10.1 Å². The van der Waals surface area contributed by atoms with Crippen LogP contribution in [0.4, 0.5) is 0 Å². The highest BCUT2D eigenvalue weighted by Crippen LogP contribution is 2.28. The van der Waals surface area contributed by atoms with Gasteiger partial charge in [0.25, 0.3) is 5.89 Å². The zero-order valence-corrected chi connectivity index (χ0v) is 13.3. The molecule has 8 heteroatoms. The highest BCUT2D eigenvalue weighted by atomic mass is 79.9. The van der Waals surface area contributed by atoms with Crippen LogP contribution in [-0.2, 0) is 0 Å². The molecule has 114 valence electrons. The molecule has 3 aromatic rings. The second kappa shape index (κ2) is 5.69. The third-order valence-electron chi connectivity index (χ3n) is 3.82. The Labute approximate surface area is 134 Å². The lowest BCUT2D eigenvalue weighted by Gasteiger charge is -2.20. The molecular weight excluding hydrogens is 350 g/mol. The van der Waals surface area contributed by atoms with Gasteiger partial charge in [-0.05, 0) is 60.1 Å². The Morgan fingerprint density at radius 2 is 2.09 bits per heavy atom. The molecule has 0 atom stereocenters. The minimum atomic E-state index is 0.388. The van der Waals surface area contributed by atoms with E-state index in [4.69, 9.17) is 8.94 Å². The van der Waals surface area contributed by atoms with Gasteiger partial charge >= 0.3 is 0 Å². The van der Waals surface area contributed by atoms with E-state index < -0.39 is 0 Å². The predicted octanol–water partition coefficient (Wildman–Crippen LogP) is 2.95. The molecule has 0 unspecified atom stereocenters. The van der Waals surface area contributed by atoms with Crippen LogP contribution in [0, 0.1) is 0 Å². The van der Waals surface area contributed by atoms with E-state index in [-0.39, 0.29) is 0 Å². The van der Waals surface area contributed by atoms with Crippen LogP contribution in [0.5, 0.6) is 0 Å². The zero-order valence-electron chi connectivity index (χ0n) is 11.7. The number of nitrogens with one attached hydrogen (secondary N) is 2. The number of hydrogen-bond donors (Lipinski definition) is 2. The van der Waals surface area contributed by atoms with Crippen LogP contribution in [-0.4, -0.2) is 33.4 Å². The van der Waals surface area contributed by atoms with Gasteiger partial charge in [-0.1, -0.05) is 5.16 Å². The first-order valence-corrected chi connectivity index (χ1v) is 7.95. The summed E-state index contributed by atoms with van der Waals surface area (Å²) in [5, 5.41) is 14.7. The first-order valence-electron chi connectivity index (χ1n) is 7.15. The maximum atomic E-state index is 5.42. The van der Waals surface area contributed by atoms with E-state index in [1.54, 1.807) is 12.1 Å². The van der Waals surface area contributed by atoms with Gasteiger partial charge in [0, 0.05) is 11.6 Å². The van der Waals surface area contributed by atoms with E-state index in [0.717, 1.165) is 31.6 Å². The molecule has 22 heavy (non-hydrogen) atoms. The quantitative estimate of drug-likeness (QED) is 0.742. The van der Waals surface area contributed by atoms with Crippen molar-refractivity contribution in [2.45, 2.75) is 18.8 Å². The van der Waals surface area contributed by atoms with Crippen LogP contribution in [0.25, 0.3) is 23.2 Å². The largest absolute Gasteiger partial charge is 0.446 e. The second-order valence-corrected chi connectivity index (χ2v) is 6.04. The average molecular weight is 364 g/mol. The minimum Gasteiger partial charge on any atom is -0.446 e. The molecule has 0 aromatic carbocycles. The second-order valence-electron chi connectivity index (χ2n) is 5.26. The van der Waals surface area contributed by atoms with Crippen LogP contribution in [0.2, 0.25) is 0 Å². The maximum absolute atomic E-state index is 5.42. The summed E-state index contributed by atoms with van der Waals surface area (Å²) in [6, 6.07) is 5.56. The Bertz CT molecular complexity index is 772. The van der Waals surface area contributed by atoms with Gasteiger partial charge in [-0.15, -0.1) is 0 Å². The normalized spacial score (nSPS) is 16.2. The summed E-state index contributed by atoms with van der Waals surface area (Å²) in [6.45, 7) is 2.08. The topological polar surface area (TPSA) is 92.8 Å². The molecule has 3 aromatic heterocycles. The van der Waals surface area contributed by atoms with Crippen molar-refractivity contribution in [3.8, 4) is 23.2 Å². The van der Waals surface area contributed by atoms with Crippen molar-refractivity contribution in [1.29, 1.82) is 0 Å². The van der Waals surface area contributed by atoms with Crippen molar-refractivity contribution < 1.29 is 8.94 Å². The van der Waals surface area contributed by atoms with Gasteiger partial charge in [-0.3, -0.25) is 5.10 Å². The lowest BCUT2D eigenvalue weighted by Crippen LogP contribution is -2.26. The van der Waals surface area contributed by atoms with Gasteiger partial charge in [0.15, 0.2) is 16.1 Å². The summed E-state index contributed by atoms with van der Waals surface area (Å²) in [5.41, 5.74) is 1.79. The van der Waals surface area contributed by atoms with Crippen LogP contribution >= 0.6 is 15.9 Å². The molecule has 1 saturated heterocycles. The summed E-state index contributed by atoms with van der Waals surface area (Å²) in [7, 11) is 0. The first kappa shape index (κ1) is 13.7. The van der Waals surface area contributed by atoms with E-state index in [2.05, 4.69) is 41.6 Å². The smallest absolute Gasteiger partial charge is 0.278 e. The fourth-order valence-corrected chi connectivity index (χ4v) is 2.96. The summed E-state index contributed by atoms with van der Waals surface area (Å²) in [6.07, 6.45) is 2.22. The van der Waals surface area contributed by atoms with Crippen molar-refractivity contribution in [2.75, 3.05) is 13.1 Å². The SMILES string of the molecule is Brc1ccc(-c2noc(-c3cc(C4CCNCC4)[nH]n3)n2)o1. The van der Waals surface area contributed by atoms with Crippen LogP contribution in [0.15, 0.2) is 31.8 Å². The highest BCUT2D eigenvalue weighted by Gasteiger charge is 2.20. The van der Waals surface area contributed by atoms with E-state index in [1.807, 2.05) is 6.07 Å². The number of nitrogens with zero attached hydrogens (tertiary/aromatic N) is 3. The van der Waals surface area contributed by atoms with Crippen molar-refractivity contribution in [3.63, 3.8) is 0 Å². The zero-order chi connectivity index (χ0) is 14.9. The van der Waals surface area contributed by atoms with Crippen molar-refractivity contribution in [2.24, 2.45) is 0 Å². The Balaban J connectivity index is 1.57. The molecule has 1 aliphatic rings. The summed E-state index contributed by atoms with van der Waals surface area (Å²) < 4.78 is 11.3. The molecule has 4 rings (SSSR count). The summed E-state index contributed by atoms with van der Waals surface area (Å²) in [5.74, 6) is 1.85. The standard InChI is InChI=1S/C14H14BrN5O2/c15-12-2-1-11(21-12)13-17-14(22-20-13)10-7-9(18-19-10)8-3-5-16-6-4-8/h1-2,7-8,16H,3-6H2,(H,18,19). The molecular formula is C14H14BrN5O2. The Kier molecular flexibility index (Phi) is 3.55. The number of aromatic nitrogens is 4. The molecule has 0 bridgehead atoms. The first-order chi connectivity index (χ1) is 10.8. The Hall–Kier alpha value is -1.93. The monoisotopic (exact) mass is 363 g/mol. The van der Waals surface area contributed by atoms with E-state index in [9.17, 15) is 0 Å². The fourth-order valence-electron chi connectivity index (χ4n) is 2.65. The molecule has 7 nitrogen and oxygen atoms in total. The third-order valence-corrected chi connectivity index (χ3v) is 4.24. The Morgan fingerprint density at radius 3 is 2.86 bits per heavy atom. The van der Waals surface area contributed by atoms with E-state index in [0.29, 0.717) is 33.8 Å². The molecule has 4 heterocycles. The van der Waals surface area contributed by atoms with Crippen LogP contribution in [0.3, 0.4) is 0 Å². The van der Waals surface area contributed by atoms with Crippen molar-refractivity contribution in [3.05, 3.63) is 28.6 Å². The molecule has 0 saturated carbocycles. The van der Waals surface area contributed by atoms with Crippen LogP contribution in [0.1, 0.15) is 24.5 Å². The minimum absolute atomic E-state index is 0.388. The van der Waals surface area contributed by atoms with Gasteiger partial charge in [0.05, 0.1) is 0 Å². The molecule has 0 spiro atoms. The van der Waals surface area contributed by atoms with E-state index in [1.165, 1.54) is 0 Å². The highest BCUT2D eigenvalue weighted by molar-refractivity contribution is 9.10. The van der Waals surface area contributed by atoms with Gasteiger partial charge in [0.1, 0.15) is 0 Å². The lowest BCUT2D eigenvalue weighted by molar-refractivity contribution is 0.427. The van der Waals surface area contributed by atoms with Gasteiger partial charge in [-0.25, -0.2) is 0 Å². The molecule has 1 fully saturated rings. The van der Waals surface area contributed by atoms with Gasteiger partial charge in [0.2, 0.25) is 5.82 Å². The van der Waals surface area contributed by atoms with E-state index >= 15 is 0 Å². The number of piperidine rings is 1. The Morgan fingerprint density at radius 1 is 1.23 bits per heavy atom. The number of hydrogen-bond acceptors (Lipinski definition) is 6. The van der Waals surface area contributed by atoms with Crippen molar-refractivity contribution in [1.82, 2.24) is 25.7 Å². The van der Waals surface area contributed by atoms with Crippen molar-refractivity contribution >= 4 is 15.9 Å². The fraction of sp³-hybridized carbons (Fsp3) is 0.357. The third kappa shape index (κ3) is 2.59. The molecule has 1 aliphatic heterocycles. The molecule has 2 N–H and O–H groups in total. The predicted molar refractivity (Wildman–Crippen MR) is 82.1 cm³/mol. The number of halogens is 1. The number of furan rings is 1. The number of H-pyrrole nitrogens is 1.